The van der Waals surface area contributed by atoms with Crippen molar-refractivity contribution in [2.75, 3.05) is 0 Å². The second kappa shape index (κ2) is 1.99. The molecule has 0 heterocycles. The van der Waals surface area contributed by atoms with Gasteiger partial charge in [0.05, 0.1) is 0 Å². The van der Waals surface area contributed by atoms with Crippen LogP contribution in [-0.2, 0) is 0 Å². The molecule has 0 aliphatic heterocycles. The van der Waals surface area contributed by atoms with E-state index >= 15 is 0 Å². The predicted molar refractivity (Wildman–Crippen MR) is 43.8 cm³/mol. The van der Waals surface area contributed by atoms with Gasteiger partial charge in [0, 0.05) is 0 Å². The molecule has 2 atom stereocenters. The summed E-state index contributed by atoms with van der Waals surface area (Å²) >= 11 is 0. The minimum absolute atomic E-state index is 0.872. The smallest absolute Gasteiger partial charge is 0.0292 e. The van der Waals surface area contributed by atoms with E-state index in [9.17, 15) is 0 Å². The third-order valence-electron chi connectivity index (χ3n) is 3.32. The van der Waals surface area contributed by atoms with Gasteiger partial charge in [0.2, 0.25) is 0 Å². The summed E-state index contributed by atoms with van der Waals surface area (Å²) in [4.78, 5) is 0. The summed E-state index contributed by atoms with van der Waals surface area (Å²) < 4.78 is 0. The van der Waals surface area contributed by atoms with Crippen molar-refractivity contribution in [3.63, 3.8) is 0 Å². The van der Waals surface area contributed by atoms with Gasteiger partial charge in [-0.1, -0.05) is 13.8 Å². The van der Waals surface area contributed by atoms with E-state index in [0.717, 1.165) is 17.3 Å². The highest BCUT2D eigenvalue weighted by molar-refractivity contribution is 4.97. The molecule has 0 radical (unpaired) electrons. The Kier molecular flexibility index (Phi) is 1.33. The minimum Gasteiger partial charge on any atom is -0.0625 e. The molecule has 2 aliphatic carbocycles. The van der Waals surface area contributed by atoms with Gasteiger partial charge in [-0.05, 0) is 49.4 Å². The molecule has 0 N–H and O–H groups in total. The van der Waals surface area contributed by atoms with Crippen LogP contribution in [0.4, 0.5) is 0 Å². The maximum atomic E-state index is 2.43. The van der Waals surface area contributed by atoms with Crippen LogP contribution in [0.2, 0.25) is 0 Å². The first-order chi connectivity index (χ1) is 4.70. The van der Waals surface area contributed by atoms with Crippen LogP contribution < -0.4 is 0 Å². The molecule has 2 aliphatic rings. The van der Waals surface area contributed by atoms with E-state index in [4.69, 9.17) is 0 Å². The first-order valence-corrected chi connectivity index (χ1v) is 4.70. The van der Waals surface area contributed by atoms with E-state index in [2.05, 4.69) is 13.8 Å². The first-order valence-electron chi connectivity index (χ1n) is 4.70. The minimum atomic E-state index is 0.872. The molecule has 0 aromatic rings. The summed E-state index contributed by atoms with van der Waals surface area (Å²) in [6, 6.07) is 0. The molecule has 0 bridgehead atoms. The number of hydrogen-bond donors (Lipinski definition) is 0. The van der Waals surface area contributed by atoms with Gasteiger partial charge >= 0.3 is 0 Å². The average molecular weight is 138 g/mol. The summed E-state index contributed by atoms with van der Waals surface area (Å²) in [5.74, 6) is 2.04. The third kappa shape index (κ3) is 1.09. The standard InChI is InChI=1S/C10H18/c1-8-5-9(2)7-10(6-8)3-4-10/h8-9H,3-7H2,1-2H3. The van der Waals surface area contributed by atoms with Crippen LogP contribution in [0, 0.1) is 17.3 Å². The quantitative estimate of drug-likeness (QED) is 0.482. The lowest BCUT2D eigenvalue weighted by Crippen LogP contribution is -2.20. The van der Waals surface area contributed by atoms with Crippen LogP contribution in [0.1, 0.15) is 46.0 Å². The Morgan fingerprint density at radius 3 is 1.90 bits per heavy atom. The molecular formula is C10H18. The van der Waals surface area contributed by atoms with E-state index in [1.165, 1.54) is 19.3 Å². The fraction of sp³-hybridized carbons (Fsp3) is 1.00. The molecule has 0 aromatic heterocycles. The van der Waals surface area contributed by atoms with E-state index in [0.29, 0.717) is 0 Å². The summed E-state index contributed by atoms with van der Waals surface area (Å²) in [5.41, 5.74) is 0.872. The molecule has 10 heavy (non-hydrogen) atoms. The van der Waals surface area contributed by atoms with Gasteiger partial charge in [-0.2, -0.15) is 0 Å². The Labute approximate surface area is 64.0 Å². The SMILES string of the molecule is CC1CC(C)CC2(CC2)C1. The van der Waals surface area contributed by atoms with Crippen molar-refractivity contribution in [3.8, 4) is 0 Å². The van der Waals surface area contributed by atoms with Gasteiger partial charge in [-0.3, -0.25) is 0 Å². The molecule has 0 saturated heterocycles. The Morgan fingerprint density at radius 1 is 1.00 bits per heavy atom. The van der Waals surface area contributed by atoms with Gasteiger partial charge in [-0.25, -0.2) is 0 Å². The lowest BCUT2D eigenvalue weighted by Gasteiger charge is -2.31. The second-order valence-corrected chi connectivity index (χ2v) is 4.85. The van der Waals surface area contributed by atoms with E-state index in [1.54, 1.807) is 12.8 Å². The lowest BCUT2D eigenvalue weighted by atomic mass is 9.75. The van der Waals surface area contributed by atoms with E-state index in [-0.39, 0.29) is 0 Å². The van der Waals surface area contributed by atoms with Crippen molar-refractivity contribution in [2.45, 2.75) is 46.0 Å². The summed E-state index contributed by atoms with van der Waals surface area (Å²) in [6.07, 6.45) is 7.65. The average Bonchev–Trinajstić information content (AvgIpc) is 2.44. The van der Waals surface area contributed by atoms with E-state index < -0.39 is 0 Å². The highest BCUT2D eigenvalue weighted by Gasteiger charge is 2.46. The Balaban J connectivity index is 2.00. The monoisotopic (exact) mass is 138 g/mol. The van der Waals surface area contributed by atoms with Crippen LogP contribution in [0.5, 0.6) is 0 Å². The molecule has 2 fully saturated rings. The third-order valence-corrected chi connectivity index (χ3v) is 3.32. The fourth-order valence-corrected chi connectivity index (χ4v) is 3.00. The van der Waals surface area contributed by atoms with Crippen LogP contribution in [0.3, 0.4) is 0 Å². The lowest BCUT2D eigenvalue weighted by molar-refractivity contribution is 0.201. The van der Waals surface area contributed by atoms with Gasteiger partial charge in [0.25, 0.3) is 0 Å². The van der Waals surface area contributed by atoms with Gasteiger partial charge in [0.15, 0.2) is 0 Å². The van der Waals surface area contributed by atoms with Crippen molar-refractivity contribution in [2.24, 2.45) is 17.3 Å². The molecule has 0 heteroatoms. The van der Waals surface area contributed by atoms with Crippen molar-refractivity contribution >= 4 is 0 Å². The van der Waals surface area contributed by atoms with Gasteiger partial charge < -0.3 is 0 Å². The summed E-state index contributed by atoms with van der Waals surface area (Å²) in [6.45, 7) is 4.85. The zero-order valence-corrected chi connectivity index (χ0v) is 7.19. The molecule has 0 amide bonds. The summed E-state index contributed by atoms with van der Waals surface area (Å²) in [7, 11) is 0. The Morgan fingerprint density at radius 2 is 1.50 bits per heavy atom. The zero-order valence-electron chi connectivity index (χ0n) is 7.19. The topological polar surface area (TPSA) is 0 Å². The van der Waals surface area contributed by atoms with E-state index in [1.807, 2.05) is 0 Å². The van der Waals surface area contributed by atoms with Crippen molar-refractivity contribution in [3.05, 3.63) is 0 Å². The largest absolute Gasteiger partial charge is 0.0625 e. The number of hydrogen-bond acceptors (Lipinski definition) is 0. The van der Waals surface area contributed by atoms with Crippen LogP contribution in [0.25, 0.3) is 0 Å². The normalized spacial score (nSPS) is 43.8. The Bertz CT molecular complexity index is 121. The van der Waals surface area contributed by atoms with Gasteiger partial charge in [0.1, 0.15) is 0 Å². The molecule has 0 aromatic carbocycles. The van der Waals surface area contributed by atoms with Crippen LogP contribution >= 0.6 is 0 Å². The van der Waals surface area contributed by atoms with Crippen molar-refractivity contribution in [1.82, 2.24) is 0 Å². The number of rotatable bonds is 0. The first kappa shape index (κ1) is 6.69. The molecule has 2 saturated carbocycles. The molecule has 1 spiro atoms. The van der Waals surface area contributed by atoms with Crippen molar-refractivity contribution in [1.29, 1.82) is 0 Å². The maximum absolute atomic E-state index is 2.43. The van der Waals surface area contributed by atoms with Crippen LogP contribution in [0.15, 0.2) is 0 Å². The Hall–Kier alpha value is 0. The summed E-state index contributed by atoms with van der Waals surface area (Å²) in [5, 5.41) is 0. The molecule has 58 valence electrons. The molecular weight excluding hydrogens is 120 g/mol. The molecule has 0 nitrogen and oxygen atoms in total. The van der Waals surface area contributed by atoms with Gasteiger partial charge in [-0.15, -0.1) is 0 Å². The maximum Gasteiger partial charge on any atom is -0.0292 e. The zero-order chi connectivity index (χ0) is 7.19. The molecule has 2 rings (SSSR count). The van der Waals surface area contributed by atoms with Crippen LogP contribution in [-0.4, -0.2) is 0 Å². The fourth-order valence-electron chi connectivity index (χ4n) is 3.00. The van der Waals surface area contributed by atoms with Crippen molar-refractivity contribution < 1.29 is 0 Å². The highest BCUT2D eigenvalue weighted by Crippen LogP contribution is 2.58. The highest BCUT2D eigenvalue weighted by atomic mass is 14.5. The molecule has 2 unspecified atom stereocenters. The second-order valence-electron chi connectivity index (χ2n) is 4.85. The predicted octanol–water partition coefficient (Wildman–Crippen LogP) is 3.22.